The van der Waals surface area contributed by atoms with Gasteiger partial charge in [0.15, 0.2) is 0 Å². The molecule has 3 aliphatic rings. The van der Waals surface area contributed by atoms with Crippen LogP contribution in [0, 0.1) is 11.8 Å². The minimum atomic E-state index is -0.299. The summed E-state index contributed by atoms with van der Waals surface area (Å²) in [5.41, 5.74) is 6.18. The molecule has 0 spiro atoms. The Morgan fingerprint density at radius 3 is 2.46 bits per heavy atom. The highest BCUT2D eigenvalue weighted by molar-refractivity contribution is 5.80. The van der Waals surface area contributed by atoms with Crippen LogP contribution in [0.1, 0.15) is 71.1 Å². The Balaban J connectivity index is 1.55. The standard InChI is InChI=1S/C20H37N3O/c1-20(21)11-5-4-10-18(20)19(24)23-14-8-9-17(16-23)15-22-12-6-2-3-7-13-22/h17-18H,2-16,21H2,1H3. The third-order valence-corrected chi connectivity index (χ3v) is 6.60. The third-order valence-electron chi connectivity index (χ3n) is 6.60. The fraction of sp³-hybridized carbons (Fsp3) is 0.950. The minimum Gasteiger partial charge on any atom is -0.342 e. The molecule has 0 aromatic heterocycles. The maximum Gasteiger partial charge on any atom is 0.227 e. The van der Waals surface area contributed by atoms with Crippen molar-refractivity contribution in [3.05, 3.63) is 0 Å². The van der Waals surface area contributed by atoms with Gasteiger partial charge in [-0.05, 0) is 64.5 Å². The van der Waals surface area contributed by atoms with Gasteiger partial charge in [-0.1, -0.05) is 25.7 Å². The molecule has 0 aromatic rings. The number of nitrogens with zero attached hydrogens (tertiary/aromatic N) is 2. The van der Waals surface area contributed by atoms with Gasteiger partial charge in [0.05, 0.1) is 5.92 Å². The molecule has 0 aromatic carbocycles. The lowest BCUT2D eigenvalue weighted by molar-refractivity contribution is -0.141. The molecule has 1 amide bonds. The van der Waals surface area contributed by atoms with Gasteiger partial charge in [-0.25, -0.2) is 0 Å². The number of amides is 1. The van der Waals surface area contributed by atoms with Gasteiger partial charge >= 0.3 is 0 Å². The van der Waals surface area contributed by atoms with E-state index in [1.54, 1.807) is 0 Å². The van der Waals surface area contributed by atoms with Gasteiger partial charge in [0.1, 0.15) is 0 Å². The van der Waals surface area contributed by atoms with Gasteiger partial charge in [0.25, 0.3) is 0 Å². The Kier molecular flexibility index (Phi) is 6.20. The van der Waals surface area contributed by atoms with E-state index in [1.807, 2.05) is 0 Å². The molecule has 24 heavy (non-hydrogen) atoms. The molecule has 2 N–H and O–H groups in total. The maximum absolute atomic E-state index is 13.1. The molecule has 4 nitrogen and oxygen atoms in total. The Morgan fingerprint density at radius 2 is 1.75 bits per heavy atom. The van der Waals surface area contributed by atoms with Crippen LogP contribution in [0.25, 0.3) is 0 Å². The quantitative estimate of drug-likeness (QED) is 0.862. The number of rotatable bonds is 3. The zero-order valence-electron chi connectivity index (χ0n) is 15.6. The van der Waals surface area contributed by atoms with E-state index in [1.165, 1.54) is 58.2 Å². The van der Waals surface area contributed by atoms with Crippen molar-refractivity contribution < 1.29 is 4.79 Å². The van der Waals surface area contributed by atoms with Crippen molar-refractivity contribution in [2.45, 2.75) is 76.7 Å². The summed E-state index contributed by atoms with van der Waals surface area (Å²) in [7, 11) is 0. The number of piperidine rings is 1. The monoisotopic (exact) mass is 335 g/mol. The molecule has 0 radical (unpaired) electrons. The second kappa shape index (κ2) is 8.18. The van der Waals surface area contributed by atoms with Crippen LogP contribution < -0.4 is 5.73 Å². The summed E-state index contributed by atoms with van der Waals surface area (Å²) < 4.78 is 0. The fourth-order valence-corrected chi connectivity index (χ4v) is 5.08. The Hall–Kier alpha value is -0.610. The van der Waals surface area contributed by atoms with Crippen LogP contribution in [0.3, 0.4) is 0 Å². The van der Waals surface area contributed by atoms with Crippen LogP contribution in [-0.2, 0) is 4.79 Å². The average molecular weight is 336 g/mol. The fourth-order valence-electron chi connectivity index (χ4n) is 5.08. The maximum atomic E-state index is 13.1. The van der Waals surface area contributed by atoms with Gasteiger partial charge in [0, 0.05) is 25.2 Å². The van der Waals surface area contributed by atoms with E-state index in [2.05, 4.69) is 16.7 Å². The first-order valence-corrected chi connectivity index (χ1v) is 10.4. The summed E-state index contributed by atoms with van der Waals surface area (Å²) in [6.45, 7) is 7.70. The Labute approximate surface area is 148 Å². The van der Waals surface area contributed by atoms with E-state index >= 15 is 0 Å². The molecule has 2 saturated heterocycles. The predicted molar refractivity (Wildman–Crippen MR) is 98.8 cm³/mol. The van der Waals surface area contributed by atoms with E-state index in [-0.39, 0.29) is 11.5 Å². The van der Waals surface area contributed by atoms with Crippen molar-refractivity contribution in [3.63, 3.8) is 0 Å². The van der Waals surface area contributed by atoms with Crippen LogP contribution in [0.4, 0.5) is 0 Å². The van der Waals surface area contributed by atoms with Gasteiger partial charge in [-0.15, -0.1) is 0 Å². The lowest BCUT2D eigenvalue weighted by Crippen LogP contribution is -2.55. The molecule has 4 heteroatoms. The number of hydrogen-bond donors (Lipinski definition) is 1. The number of nitrogens with two attached hydrogens (primary N) is 1. The van der Waals surface area contributed by atoms with Crippen molar-refractivity contribution in [1.29, 1.82) is 0 Å². The summed E-state index contributed by atoms with van der Waals surface area (Å²) in [6.07, 6.45) is 12.2. The first kappa shape index (κ1) is 18.2. The van der Waals surface area contributed by atoms with Crippen LogP contribution >= 0.6 is 0 Å². The van der Waals surface area contributed by atoms with Crippen LogP contribution in [0.15, 0.2) is 0 Å². The second-order valence-corrected chi connectivity index (χ2v) is 8.81. The lowest BCUT2D eigenvalue weighted by atomic mass is 9.73. The molecule has 1 aliphatic carbocycles. The third kappa shape index (κ3) is 4.51. The van der Waals surface area contributed by atoms with Gasteiger partial charge in [-0.2, -0.15) is 0 Å². The summed E-state index contributed by atoms with van der Waals surface area (Å²) in [4.78, 5) is 17.9. The molecule has 3 atom stereocenters. The van der Waals surface area contributed by atoms with Crippen LogP contribution in [0.5, 0.6) is 0 Å². The molecule has 3 rings (SSSR count). The molecular formula is C20H37N3O. The van der Waals surface area contributed by atoms with Crippen molar-refractivity contribution in [2.24, 2.45) is 17.6 Å². The highest BCUT2D eigenvalue weighted by Crippen LogP contribution is 2.34. The van der Waals surface area contributed by atoms with Crippen molar-refractivity contribution in [2.75, 3.05) is 32.7 Å². The van der Waals surface area contributed by atoms with Crippen LogP contribution in [0.2, 0.25) is 0 Å². The molecule has 138 valence electrons. The first-order valence-electron chi connectivity index (χ1n) is 10.4. The van der Waals surface area contributed by atoms with Gasteiger partial charge in [-0.3, -0.25) is 4.79 Å². The van der Waals surface area contributed by atoms with Crippen LogP contribution in [-0.4, -0.2) is 54.0 Å². The smallest absolute Gasteiger partial charge is 0.227 e. The van der Waals surface area contributed by atoms with E-state index in [4.69, 9.17) is 5.73 Å². The highest BCUT2D eigenvalue weighted by atomic mass is 16.2. The second-order valence-electron chi connectivity index (χ2n) is 8.81. The summed E-state index contributed by atoms with van der Waals surface area (Å²) in [6, 6.07) is 0. The first-order chi connectivity index (χ1) is 11.6. The summed E-state index contributed by atoms with van der Waals surface area (Å²) >= 11 is 0. The molecular weight excluding hydrogens is 298 g/mol. The van der Waals surface area contributed by atoms with Crippen molar-refractivity contribution in [1.82, 2.24) is 9.80 Å². The number of carbonyl (C=O) groups is 1. The molecule has 3 fully saturated rings. The topological polar surface area (TPSA) is 49.6 Å². The Bertz CT molecular complexity index is 415. The summed E-state index contributed by atoms with van der Waals surface area (Å²) in [5.74, 6) is 1.05. The predicted octanol–water partition coefficient (Wildman–Crippen LogP) is 3.01. The molecule has 2 aliphatic heterocycles. The lowest BCUT2D eigenvalue weighted by Gasteiger charge is -2.42. The zero-order chi connectivity index (χ0) is 17.0. The SMILES string of the molecule is CC1(N)CCCCC1C(=O)N1CCCC(CN2CCCCCC2)C1. The normalized spacial score (nSPS) is 36.3. The molecule has 3 unspecified atom stereocenters. The highest BCUT2D eigenvalue weighted by Gasteiger charge is 2.40. The van der Waals surface area contributed by atoms with Crippen molar-refractivity contribution in [3.8, 4) is 0 Å². The van der Waals surface area contributed by atoms with E-state index in [0.717, 1.165) is 38.8 Å². The molecule has 1 saturated carbocycles. The zero-order valence-corrected chi connectivity index (χ0v) is 15.6. The average Bonchev–Trinajstić information content (AvgIpc) is 2.83. The molecule has 2 heterocycles. The molecule has 0 bridgehead atoms. The van der Waals surface area contributed by atoms with E-state index in [9.17, 15) is 4.79 Å². The number of carbonyl (C=O) groups excluding carboxylic acids is 1. The minimum absolute atomic E-state index is 0.0446. The van der Waals surface area contributed by atoms with E-state index < -0.39 is 0 Å². The van der Waals surface area contributed by atoms with E-state index in [0.29, 0.717) is 11.8 Å². The largest absolute Gasteiger partial charge is 0.342 e. The van der Waals surface area contributed by atoms with Gasteiger partial charge < -0.3 is 15.5 Å². The Morgan fingerprint density at radius 1 is 1.00 bits per heavy atom. The number of likely N-dealkylation sites (tertiary alicyclic amines) is 2. The van der Waals surface area contributed by atoms with Crippen molar-refractivity contribution >= 4 is 5.91 Å². The number of hydrogen-bond acceptors (Lipinski definition) is 3. The summed E-state index contributed by atoms with van der Waals surface area (Å²) in [5, 5.41) is 0. The van der Waals surface area contributed by atoms with Gasteiger partial charge in [0.2, 0.25) is 5.91 Å².